The minimum atomic E-state index is 0.329. The van der Waals surface area contributed by atoms with E-state index in [1.54, 1.807) is 0 Å². The molecule has 2 heteroatoms. The molecule has 17 heavy (non-hydrogen) atoms. The summed E-state index contributed by atoms with van der Waals surface area (Å²) in [5.41, 5.74) is 7.67. The van der Waals surface area contributed by atoms with Gasteiger partial charge in [0.25, 0.3) is 0 Å². The van der Waals surface area contributed by atoms with Crippen LogP contribution < -0.4 is 5.73 Å². The summed E-state index contributed by atoms with van der Waals surface area (Å²) in [6.45, 7) is 2.31. The van der Waals surface area contributed by atoms with Gasteiger partial charge in [-0.05, 0) is 48.8 Å². The number of aromatic nitrogens is 1. The first-order valence-electron chi connectivity index (χ1n) is 6.94. The molecule has 1 saturated carbocycles. The highest BCUT2D eigenvalue weighted by molar-refractivity contribution is 5.11. The van der Waals surface area contributed by atoms with E-state index >= 15 is 0 Å². The lowest BCUT2D eigenvalue weighted by atomic mass is 9.76. The molecule has 0 saturated heterocycles. The first-order valence-corrected chi connectivity index (χ1v) is 6.94. The lowest BCUT2D eigenvalue weighted by molar-refractivity contribution is 0.238. The van der Waals surface area contributed by atoms with Gasteiger partial charge in [0.2, 0.25) is 0 Å². The molecule has 2 nitrogen and oxygen atoms in total. The summed E-state index contributed by atoms with van der Waals surface area (Å²) < 4.78 is 0. The van der Waals surface area contributed by atoms with Crippen molar-refractivity contribution in [1.82, 2.24) is 4.98 Å². The summed E-state index contributed by atoms with van der Waals surface area (Å²) in [6.07, 6.45) is 11.5. The van der Waals surface area contributed by atoms with Crippen molar-refractivity contribution in [2.45, 2.75) is 51.5 Å². The largest absolute Gasteiger partial charge is 0.327 e. The van der Waals surface area contributed by atoms with Crippen LogP contribution in [0.1, 0.15) is 44.6 Å². The summed E-state index contributed by atoms with van der Waals surface area (Å²) in [4.78, 5) is 4.05. The maximum absolute atomic E-state index is 6.35. The summed E-state index contributed by atoms with van der Waals surface area (Å²) in [7, 11) is 0. The van der Waals surface area contributed by atoms with E-state index in [4.69, 9.17) is 5.73 Å². The summed E-state index contributed by atoms with van der Waals surface area (Å²) in [5.74, 6) is 1.69. The monoisotopic (exact) mass is 232 g/mol. The lowest BCUT2D eigenvalue weighted by Crippen LogP contribution is -2.34. The maximum atomic E-state index is 6.35. The van der Waals surface area contributed by atoms with Gasteiger partial charge in [0, 0.05) is 18.4 Å². The Hall–Kier alpha value is -0.890. The summed E-state index contributed by atoms with van der Waals surface area (Å²) in [5, 5.41) is 0. The van der Waals surface area contributed by atoms with E-state index in [0.717, 1.165) is 18.3 Å². The second kappa shape index (κ2) is 6.15. The molecule has 1 aliphatic rings. The van der Waals surface area contributed by atoms with Crippen molar-refractivity contribution in [3.05, 3.63) is 30.1 Å². The fourth-order valence-electron chi connectivity index (χ4n) is 2.98. The topological polar surface area (TPSA) is 38.9 Å². The van der Waals surface area contributed by atoms with E-state index in [0.29, 0.717) is 6.04 Å². The van der Waals surface area contributed by atoms with Gasteiger partial charge in [-0.3, -0.25) is 4.98 Å². The molecule has 1 aromatic heterocycles. The van der Waals surface area contributed by atoms with Crippen LogP contribution in [0.4, 0.5) is 0 Å². The molecule has 0 aliphatic heterocycles. The average molecular weight is 232 g/mol. The molecule has 0 aromatic carbocycles. The number of nitrogens with two attached hydrogens (primary N) is 1. The van der Waals surface area contributed by atoms with Gasteiger partial charge in [0.05, 0.1) is 0 Å². The Kier molecular flexibility index (Phi) is 4.55. The van der Waals surface area contributed by atoms with Gasteiger partial charge in [-0.25, -0.2) is 0 Å². The Morgan fingerprint density at radius 1 is 1.24 bits per heavy atom. The van der Waals surface area contributed by atoms with Crippen molar-refractivity contribution in [3.63, 3.8) is 0 Å². The van der Waals surface area contributed by atoms with Crippen molar-refractivity contribution in [1.29, 1.82) is 0 Å². The van der Waals surface area contributed by atoms with Crippen LogP contribution in [0, 0.1) is 11.8 Å². The first kappa shape index (κ1) is 12.6. The Morgan fingerprint density at radius 2 is 1.88 bits per heavy atom. The van der Waals surface area contributed by atoms with Crippen molar-refractivity contribution >= 4 is 0 Å². The minimum Gasteiger partial charge on any atom is -0.327 e. The molecule has 0 radical (unpaired) electrons. The predicted molar refractivity (Wildman–Crippen MR) is 71.7 cm³/mol. The molecule has 2 rings (SSSR count). The molecule has 0 bridgehead atoms. The third-order valence-electron chi connectivity index (χ3n) is 4.30. The quantitative estimate of drug-likeness (QED) is 0.866. The zero-order valence-electron chi connectivity index (χ0n) is 10.8. The number of pyridine rings is 1. The van der Waals surface area contributed by atoms with Crippen molar-refractivity contribution in [2.24, 2.45) is 17.6 Å². The van der Waals surface area contributed by atoms with Gasteiger partial charge in [-0.15, -0.1) is 0 Å². The van der Waals surface area contributed by atoms with Crippen molar-refractivity contribution in [2.75, 3.05) is 0 Å². The SMILES string of the molecule is CCC1CCC(C(N)Cc2ccncc2)CC1. The fourth-order valence-corrected chi connectivity index (χ4v) is 2.98. The highest BCUT2D eigenvalue weighted by Gasteiger charge is 2.24. The smallest absolute Gasteiger partial charge is 0.0270 e. The van der Waals surface area contributed by atoms with Gasteiger partial charge in [0.15, 0.2) is 0 Å². The molecule has 94 valence electrons. The van der Waals surface area contributed by atoms with E-state index in [-0.39, 0.29) is 0 Å². The van der Waals surface area contributed by atoms with Crippen LogP contribution in [0.2, 0.25) is 0 Å². The van der Waals surface area contributed by atoms with E-state index in [9.17, 15) is 0 Å². The number of nitrogens with zero attached hydrogens (tertiary/aromatic N) is 1. The molecule has 1 fully saturated rings. The molecular formula is C15H24N2. The van der Waals surface area contributed by atoms with Gasteiger partial charge in [-0.2, -0.15) is 0 Å². The van der Waals surface area contributed by atoms with Crippen LogP contribution in [0.25, 0.3) is 0 Å². The van der Waals surface area contributed by atoms with Crippen molar-refractivity contribution < 1.29 is 0 Å². The molecule has 0 amide bonds. The van der Waals surface area contributed by atoms with E-state index in [1.165, 1.54) is 37.7 Å². The van der Waals surface area contributed by atoms with E-state index < -0.39 is 0 Å². The molecular weight excluding hydrogens is 208 g/mol. The lowest BCUT2D eigenvalue weighted by Gasteiger charge is -2.31. The molecule has 1 unspecified atom stereocenters. The zero-order valence-corrected chi connectivity index (χ0v) is 10.8. The van der Waals surface area contributed by atoms with E-state index in [2.05, 4.69) is 24.0 Å². The number of hydrogen-bond acceptors (Lipinski definition) is 2. The third kappa shape index (κ3) is 3.53. The van der Waals surface area contributed by atoms with Crippen LogP contribution in [0.15, 0.2) is 24.5 Å². The molecule has 1 heterocycles. The van der Waals surface area contributed by atoms with Crippen molar-refractivity contribution in [3.8, 4) is 0 Å². The summed E-state index contributed by atoms with van der Waals surface area (Å²) in [6, 6.07) is 4.49. The Labute approximate surface area is 105 Å². The Bertz CT molecular complexity index is 315. The number of hydrogen-bond donors (Lipinski definition) is 1. The average Bonchev–Trinajstić information content (AvgIpc) is 2.40. The normalized spacial score (nSPS) is 26.7. The van der Waals surface area contributed by atoms with Crippen LogP contribution in [-0.2, 0) is 6.42 Å². The molecule has 2 N–H and O–H groups in total. The van der Waals surface area contributed by atoms with Crippen LogP contribution in [0.5, 0.6) is 0 Å². The standard InChI is InChI=1S/C15H24N2/c1-2-12-3-5-14(6-4-12)15(16)11-13-7-9-17-10-8-13/h7-10,12,14-15H,2-6,11,16H2,1H3. The molecule has 1 aliphatic carbocycles. The van der Waals surface area contributed by atoms with Crippen LogP contribution in [0.3, 0.4) is 0 Å². The second-order valence-electron chi connectivity index (χ2n) is 5.41. The highest BCUT2D eigenvalue weighted by Crippen LogP contribution is 2.32. The summed E-state index contributed by atoms with van der Waals surface area (Å²) >= 11 is 0. The highest BCUT2D eigenvalue weighted by atomic mass is 14.7. The Morgan fingerprint density at radius 3 is 2.47 bits per heavy atom. The zero-order chi connectivity index (χ0) is 12.1. The van der Waals surface area contributed by atoms with Gasteiger partial charge in [-0.1, -0.05) is 26.2 Å². The molecule has 1 atom stereocenters. The minimum absolute atomic E-state index is 0.329. The van der Waals surface area contributed by atoms with E-state index in [1.807, 2.05) is 12.4 Å². The fraction of sp³-hybridized carbons (Fsp3) is 0.667. The van der Waals surface area contributed by atoms with Gasteiger partial charge < -0.3 is 5.73 Å². The number of rotatable bonds is 4. The maximum Gasteiger partial charge on any atom is 0.0270 e. The molecule has 0 spiro atoms. The Balaban J connectivity index is 1.83. The molecule has 1 aromatic rings. The van der Waals surface area contributed by atoms with Crippen LogP contribution in [-0.4, -0.2) is 11.0 Å². The van der Waals surface area contributed by atoms with Gasteiger partial charge >= 0.3 is 0 Å². The van der Waals surface area contributed by atoms with Crippen LogP contribution >= 0.6 is 0 Å². The van der Waals surface area contributed by atoms with Gasteiger partial charge in [0.1, 0.15) is 0 Å². The predicted octanol–water partition coefficient (Wildman–Crippen LogP) is 3.17. The second-order valence-corrected chi connectivity index (χ2v) is 5.41. The third-order valence-corrected chi connectivity index (χ3v) is 4.30. The first-order chi connectivity index (χ1) is 8.29.